The third kappa shape index (κ3) is 1.87. The molecule has 0 saturated heterocycles. The van der Waals surface area contributed by atoms with E-state index in [2.05, 4.69) is 16.5 Å². The second kappa shape index (κ2) is 3.79. The Balaban J connectivity index is 2.51. The minimum Gasteiger partial charge on any atom is -0.321 e. The maximum Gasteiger partial charge on any atom is 0.0890 e. The highest BCUT2D eigenvalue weighted by atomic mass is 14.8. The number of benzene rings is 1. The highest BCUT2D eigenvalue weighted by Crippen LogP contribution is 2.20. The molecule has 0 aliphatic heterocycles. The Morgan fingerprint density at radius 2 is 1.93 bits per heavy atom. The van der Waals surface area contributed by atoms with Gasteiger partial charge in [-0.1, -0.05) is 18.2 Å². The molecule has 0 bridgehead atoms. The summed E-state index contributed by atoms with van der Waals surface area (Å²) in [5.74, 6) is 0. The average molecular weight is 199 g/mol. The Hall–Kier alpha value is -1.74. The molecule has 1 aromatic heterocycles. The van der Waals surface area contributed by atoms with Crippen molar-refractivity contribution in [3.63, 3.8) is 0 Å². The first-order valence-corrected chi connectivity index (χ1v) is 4.80. The Labute approximate surface area is 88.7 Å². The minimum absolute atomic E-state index is 0.128. The molecular weight excluding hydrogens is 186 g/mol. The van der Waals surface area contributed by atoms with Gasteiger partial charge in [0.25, 0.3) is 0 Å². The second-order valence-corrected chi connectivity index (χ2v) is 3.63. The summed E-state index contributed by atoms with van der Waals surface area (Å²) in [7, 11) is 0. The van der Waals surface area contributed by atoms with Gasteiger partial charge in [0.1, 0.15) is 0 Å². The van der Waals surface area contributed by atoms with E-state index >= 15 is 0 Å². The predicted octanol–water partition coefficient (Wildman–Crippen LogP) is 2.21. The molecule has 1 heterocycles. The Morgan fingerprint density at radius 1 is 1.27 bits per heavy atom. The van der Waals surface area contributed by atoms with E-state index < -0.39 is 0 Å². The summed E-state index contributed by atoms with van der Waals surface area (Å²) in [6.45, 7) is 5.77. The van der Waals surface area contributed by atoms with Crippen LogP contribution in [0.5, 0.6) is 0 Å². The van der Waals surface area contributed by atoms with Crippen molar-refractivity contribution in [2.24, 2.45) is 5.73 Å². The first-order valence-electron chi connectivity index (χ1n) is 4.80. The van der Waals surface area contributed by atoms with Gasteiger partial charge >= 0.3 is 0 Å². The van der Waals surface area contributed by atoms with Crippen molar-refractivity contribution >= 4 is 11.0 Å². The number of nitrogens with zero attached hydrogens (tertiary/aromatic N) is 2. The number of fused-ring (bicyclic) bond motifs is 1. The predicted molar refractivity (Wildman–Crippen MR) is 61.3 cm³/mol. The van der Waals surface area contributed by atoms with Crippen LogP contribution in [0.25, 0.3) is 11.0 Å². The van der Waals surface area contributed by atoms with Gasteiger partial charge in [0.2, 0.25) is 0 Å². The van der Waals surface area contributed by atoms with E-state index in [1.807, 2.05) is 25.1 Å². The number of nitrogens with two attached hydrogens (primary N) is 1. The van der Waals surface area contributed by atoms with E-state index in [0.29, 0.717) is 0 Å². The van der Waals surface area contributed by atoms with Gasteiger partial charge in [0, 0.05) is 12.4 Å². The normalized spacial score (nSPS) is 12.7. The minimum atomic E-state index is -0.128. The van der Waals surface area contributed by atoms with E-state index in [4.69, 9.17) is 5.73 Å². The summed E-state index contributed by atoms with van der Waals surface area (Å²) in [6, 6.07) is 5.73. The van der Waals surface area contributed by atoms with E-state index in [1.165, 1.54) is 0 Å². The third-order valence-electron chi connectivity index (χ3n) is 2.38. The maximum absolute atomic E-state index is 5.98. The van der Waals surface area contributed by atoms with Crippen LogP contribution in [0.3, 0.4) is 0 Å². The lowest BCUT2D eigenvalue weighted by Crippen LogP contribution is -2.10. The SMILES string of the molecule is C=C(C)C(N)c1ccc2nccnc2c1. The molecule has 3 nitrogen and oxygen atoms in total. The molecule has 1 unspecified atom stereocenters. The molecule has 0 spiro atoms. The second-order valence-electron chi connectivity index (χ2n) is 3.63. The molecule has 0 fully saturated rings. The van der Waals surface area contributed by atoms with Crippen LogP contribution in [-0.4, -0.2) is 9.97 Å². The van der Waals surface area contributed by atoms with Gasteiger partial charge < -0.3 is 5.73 Å². The van der Waals surface area contributed by atoms with Crippen molar-refractivity contribution in [2.45, 2.75) is 13.0 Å². The molecule has 0 aliphatic carbocycles. The molecule has 15 heavy (non-hydrogen) atoms. The summed E-state index contributed by atoms with van der Waals surface area (Å²) in [5, 5.41) is 0. The van der Waals surface area contributed by atoms with Gasteiger partial charge in [-0.3, -0.25) is 9.97 Å². The molecule has 0 radical (unpaired) electrons. The van der Waals surface area contributed by atoms with Crippen LogP contribution in [0.1, 0.15) is 18.5 Å². The van der Waals surface area contributed by atoms with Crippen molar-refractivity contribution in [1.82, 2.24) is 9.97 Å². The highest BCUT2D eigenvalue weighted by molar-refractivity contribution is 5.74. The van der Waals surface area contributed by atoms with Crippen LogP contribution in [0.4, 0.5) is 0 Å². The van der Waals surface area contributed by atoms with Gasteiger partial charge in [0.05, 0.1) is 17.1 Å². The van der Waals surface area contributed by atoms with Crippen molar-refractivity contribution < 1.29 is 0 Å². The molecule has 2 N–H and O–H groups in total. The zero-order chi connectivity index (χ0) is 10.8. The van der Waals surface area contributed by atoms with Gasteiger partial charge in [-0.25, -0.2) is 0 Å². The topological polar surface area (TPSA) is 51.8 Å². The van der Waals surface area contributed by atoms with Crippen molar-refractivity contribution in [3.05, 3.63) is 48.3 Å². The summed E-state index contributed by atoms with van der Waals surface area (Å²) in [4.78, 5) is 8.44. The Morgan fingerprint density at radius 3 is 2.60 bits per heavy atom. The van der Waals surface area contributed by atoms with E-state index in [0.717, 1.165) is 22.2 Å². The number of aromatic nitrogens is 2. The monoisotopic (exact) mass is 199 g/mol. The zero-order valence-corrected chi connectivity index (χ0v) is 8.64. The lowest BCUT2D eigenvalue weighted by atomic mass is 10.0. The third-order valence-corrected chi connectivity index (χ3v) is 2.38. The van der Waals surface area contributed by atoms with E-state index in [9.17, 15) is 0 Å². The first kappa shape index (κ1) is 9.80. The number of hydrogen-bond acceptors (Lipinski definition) is 3. The Kier molecular flexibility index (Phi) is 2.47. The summed E-state index contributed by atoms with van der Waals surface area (Å²) < 4.78 is 0. The van der Waals surface area contributed by atoms with Crippen molar-refractivity contribution in [1.29, 1.82) is 0 Å². The quantitative estimate of drug-likeness (QED) is 0.754. The van der Waals surface area contributed by atoms with Crippen molar-refractivity contribution in [3.8, 4) is 0 Å². The van der Waals surface area contributed by atoms with Gasteiger partial charge in [-0.15, -0.1) is 0 Å². The molecule has 0 aliphatic rings. The molecule has 2 rings (SSSR count). The van der Waals surface area contributed by atoms with Crippen LogP contribution in [0.2, 0.25) is 0 Å². The van der Waals surface area contributed by atoms with Crippen LogP contribution < -0.4 is 5.73 Å². The van der Waals surface area contributed by atoms with E-state index in [-0.39, 0.29) is 6.04 Å². The zero-order valence-electron chi connectivity index (χ0n) is 8.64. The molecule has 1 atom stereocenters. The molecule has 76 valence electrons. The summed E-state index contributed by atoms with van der Waals surface area (Å²) in [5.41, 5.74) is 9.70. The molecular formula is C12H13N3. The highest BCUT2D eigenvalue weighted by Gasteiger charge is 2.07. The molecule has 0 amide bonds. The van der Waals surface area contributed by atoms with Gasteiger partial charge in [-0.05, 0) is 24.6 Å². The van der Waals surface area contributed by atoms with Crippen molar-refractivity contribution in [2.75, 3.05) is 0 Å². The fourth-order valence-corrected chi connectivity index (χ4v) is 1.46. The maximum atomic E-state index is 5.98. The van der Waals surface area contributed by atoms with Crippen LogP contribution >= 0.6 is 0 Å². The Bertz CT molecular complexity index is 505. The van der Waals surface area contributed by atoms with Crippen LogP contribution in [0.15, 0.2) is 42.7 Å². The largest absolute Gasteiger partial charge is 0.321 e. The van der Waals surface area contributed by atoms with Crippen LogP contribution in [0, 0.1) is 0 Å². The number of rotatable bonds is 2. The van der Waals surface area contributed by atoms with Gasteiger partial charge in [0.15, 0.2) is 0 Å². The smallest absolute Gasteiger partial charge is 0.0890 e. The molecule has 3 heteroatoms. The average Bonchev–Trinajstić information content (AvgIpc) is 2.27. The van der Waals surface area contributed by atoms with Gasteiger partial charge in [-0.2, -0.15) is 0 Å². The van der Waals surface area contributed by atoms with E-state index in [1.54, 1.807) is 12.4 Å². The summed E-state index contributed by atoms with van der Waals surface area (Å²) in [6.07, 6.45) is 3.36. The lowest BCUT2D eigenvalue weighted by molar-refractivity contribution is 0.852. The lowest BCUT2D eigenvalue weighted by Gasteiger charge is -2.11. The molecule has 2 aromatic rings. The first-order chi connectivity index (χ1) is 7.18. The fourth-order valence-electron chi connectivity index (χ4n) is 1.46. The molecule has 0 saturated carbocycles. The number of hydrogen-bond donors (Lipinski definition) is 1. The fraction of sp³-hybridized carbons (Fsp3) is 0.167. The molecule has 1 aromatic carbocycles. The van der Waals surface area contributed by atoms with Crippen LogP contribution in [-0.2, 0) is 0 Å². The standard InChI is InChI=1S/C12H13N3/c1-8(2)12(13)9-3-4-10-11(7-9)15-6-5-14-10/h3-7,12H,1,13H2,2H3. The summed E-state index contributed by atoms with van der Waals surface area (Å²) >= 11 is 0.